The second-order valence-electron chi connectivity index (χ2n) is 3.81. The van der Waals surface area contributed by atoms with Crippen LogP contribution in [0.5, 0.6) is 6.08 Å². The fourth-order valence-corrected chi connectivity index (χ4v) is 1.80. The van der Waals surface area contributed by atoms with Crippen LogP contribution in [0.15, 0.2) is 4.52 Å². The van der Waals surface area contributed by atoms with Crippen LogP contribution in [0.25, 0.3) is 0 Å². The normalized spacial score (nSPS) is 19.6. The molecule has 1 saturated heterocycles. The van der Waals surface area contributed by atoms with Gasteiger partial charge in [0.2, 0.25) is 0 Å². The lowest BCUT2D eigenvalue weighted by atomic mass is 10.2. The number of nitrogens with zero attached hydrogens (tertiary/aromatic N) is 3. The van der Waals surface area contributed by atoms with Crippen molar-refractivity contribution >= 4 is 0 Å². The number of ether oxygens (including phenoxy) is 1. The number of rotatable bonds is 4. The van der Waals surface area contributed by atoms with Crippen LogP contribution in [0, 0.1) is 0 Å². The molecule has 1 aliphatic rings. The van der Waals surface area contributed by atoms with Crippen LogP contribution in [-0.2, 0) is 0 Å². The maximum Gasteiger partial charge on any atom is 0.417 e. The van der Waals surface area contributed by atoms with Crippen LogP contribution in [0.1, 0.15) is 25.7 Å². The molecule has 1 fully saturated rings. The summed E-state index contributed by atoms with van der Waals surface area (Å²) in [5, 5.41) is 7.25. The Morgan fingerprint density at radius 1 is 1.50 bits per heavy atom. The Bertz CT molecular complexity index is 322. The molecule has 6 nitrogen and oxygen atoms in total. The molecule has 0 aliphatic carbocycles. The van der Waals surface area contributed by atoms with E-state index in [1.165, 1.54) is 0 Å². The molecule has 1 atom stereocenters. The van der Waals surface area contributed by atoms with E-state index in [-0.39, 0.29) is 12.1 Å². The van der Waals surface area contributed by atoms with E-state index in [1.54, 1.807) is 0 Å². The fraction of sp³-hybridized carbons (Fsp3) is 0.800. The second kappa shape index (κ2) is 5.27. The van der Waals surface area contributed by atoms with Gasteiger partial charge >= 0.3 is 6.08 Å². The highest BCUT2D eigenvalue weighted by atomic mass is 16.6. The number of hydrogen-bond acceptors (Lipinski definition) is 6. The van der Waals surface area contributed by atoms with Gasteiger partial charge in [0, 0.05) is 26.2 Å². The van der Waals surface area contributed by atoms with E-state index in [4.69, 9.17) is 9.26 Å². The van der Waals surface area contributed by atoms with Gasteiger partial charge < -0.3 is 10.1 Å². The van der Waals surface area contributed by atoms with Gasteiger partial charge in [-0.25, -0.2) is 0 Å². The van der Waals surface area contributed by atoms with Gasteiger partial charge in [0.05, 0.1) is 12.6 Å². The predicted molar refractivity (Wildman–Crippen MR) is 58.3 cm³/mol. The molecule has 0 bridgehead atoms. The minimum Gasteiger partial charge on any atom is -0.449 e. The summed E-state index contributed by atoms with van der Waals surface area (Å²) in [6.45, 7) is 8.58. The summed E-state index contributed by atoms with van der Waals surface area (Å²) in [5.74, 6) is 0.699. The second-order valence-corrected chi connectivity index (χ2v) is 3.81. The Morgan fingerprint density at radius 2 is 2.25 bits per heavy atom. The lowest BCUT2D eigenvalue weighted by Crippen LogP contribution is -2.44. The zero-order valence-corrected chi connectivity index (χ0v) is 9.77. The molecule has 2 rings (SSSR count). The molecule has 2 heterocycles. The summed E-state index contributed by atoms with van der Waals surface area (Å²) < 4.78 is 10.1. The zero-order chi connectivity index (χ0) is 11.4. The van der Waals surface area contributed by atoms with Crippen molar-refractivity contribution in [2.75, 3.05) is 32.8 Å². The standard InChI is InChI=1S/C10H18N4O2/c1-3-15-10-12-9(13-16-10)8(2)14-6-4-11-5-7-14/h8,11H,3-7H2,1-2H3. The van der Waals surface area contributed by atoms with Crippen molar-refractivity contribution < 1.29 is 9.26 Å². The first-order valence-electron chi connectivity index (χ1n) is 5.72. The molecule has 0 radical (unpaired) electrons. The molecule has 1 unspecified atom stereocenters. The smallest absolute Gasteiger partial charge is 0.417 e. The van der Waals surface area contributed by atoms with E-state index in [0.29, 0.717) is 12.4 Å². The molecule has 1 aromatic heterocycles. The van der Waals surface area contributed by atoms with Crippen molar-refractivity contribution in [3.8, 4) is 6.08 Å². The number of piperazine rings is 1. The van der Waals surface area contributed by atoms with Crippen molar-refractivity contribution in [1.29, 1.82) is 0 Å². The van der Waals surface area contributed by atoms with Gasteiger partial charge in [0.1, 0.15) is 0 Å². The van der Waals surface area contributed by atoms with Crippen molar-refractivity contribution in [1.82, 2.24) is 20.4 Å². The van der Waals surface area contributed by atoms with Crippen LogP contribution in [0.3, 0.4) is 0 Å². The Labute approximate surface area is 95.0 Å². The highest BCUT2D eigenvalue weighted by molar-refractivity contribution is 4.96. The van der Waals surface area contributed by atoms with Gasteiger partial charge in [-0.05, 0) is 13.8 Å². The Morgan fingerprint density at radius 3 is 2.94 bits per heavy atom. The van der Waals surface area contributed by atoms with Gasteiger partial charge in [-0.2, -0.15) is 4.98 Å². The third-order valence-electron chi connectivity index (χ3n) is 2.76. The van der Waals surface area contributed by atoms with E-state index in [1.807, 2.05) is 6.92 Å². The van der Waals surface area contributed by atoms with E-state index in [2.05, 4.69) is 27.3 Å². The lowest BCUT2D eigenvalue weighted by molar-refractivity contribution is 0.175. The molecule has 1 aromatic rings. The van der Waals surface area contributed by atoms with Crippen LogP contribution >= 0.6 is 0 Å². The summed E-state index contributed by atoms with van der Waals surface area (Å²) in [7, 11) is 0. The summed E-state index contributed by atoms with van der Waals surface area (Å²) >= 11 is 0. The molecular formula is C10H18N4O2. The monoisotopic (exact) mass is 226 g/mol. The highest BCUT2D eigenvalue weighted by Crippen LogP contribution is 2.19. The molecule has 6 heteroatoms. The van der Waals surface area contributed by atoms with Crippen LogP contribution in [0.2, 0.25) is 0 Å². The fourth-order valence-electron chi connectivity index (χ4n) is 1.80. The molecule has 1 aliphatic heterocycles. The maximum absolute atomic E-state index is 5.15. The predicted octanol–water partition coefficient (Wildman–Crippen LogP) is 0.434. The molecule has 90 valence electrons. The molecular weight excluding hydrogens is 208 g/mol. The minimum atomic E-state index is 0.181. The molecule has 0 spiro atoms. The summed E-state index contributed by atoms with van der Waals surface area (Å²) in [4.78, 5) is 6.54. The van der Waals surface area contributed by atoms with E-state index < -0.39 is 0 Å². The summed E-state index contributed by atoms with van der Waals surface area (Å²) in [6, 6.07) is 0.181. The number of aromatic nitrogens is 2. The molecule has 0 aromatic carbocycles. The molecule has 0 saturated carbocycles. The van der Waals surface area contributed by atoms with Crippen LogP contribution < -0.4 is 10.1 Å². The topological polar surface area (TPSA) is 63.4 Å². The third-order valence-corrected chi connectivity index (χ3v) is 2.76. The lowest BCUT2D eigenvalue weighted by Gasteiger charge is -2.30. The van der Waals surface area contributed by atoms with Gasteiger partial charge in [-0.1, -0.05) is 5.16 Å². The average molecular weight is 226 g/mol. The first-order chi connectivity index (χ1) is 7.81. The maximum atomic E-state index is 5.15. The van der Waals surface area contributed by atoms with Gasteiger partial charge in [-0.15, -0.1) is 0 Å². The summed E-state index contributed by atoms with van der Waals surface area (Å²) in [6.07, 6.45) is 0.263. The third kappa shape index (κ3) is 2.51. The molecule has 16 heavy (non-hydrogen) atoms. The zero-order valence-electron chi connectivity index (χ0n) is 9.77. The van der Waals surface area contributed by atoms with E-state index >= 15 is 0 Å². The van der Waals surface area contributed by atoms with Crippen molar-refractivity contribution in [2.24, 2.45) is 0 Å². The summed E-state index contributed by atoms with van der Waals surface area (Å²) in [5.41, 5.74) is 0. The number of hydrogen-bond donors (Lipinski definition) is 1. The quantitative estimate of drug-likeness (QED) is 0.803. The first kappa shape index (κ1) is 11.3. The minimum absolute atomic E-state index is 0.181. The van der Waals surface area contributed by atoms with Gasteiger partial charge in [0.15, 0.2) is 5.82 Å². The van der Waals surface area contributed by atoms with Crippen LogP contribution in [-0.4, -0.2) is 47.8 Å². The SMILES string of the molecule is CCOc1nc(C(C)N2CCNCC2)no1. The van der Waals surface area contributed by atoms with Gasteiger partial charge in [-0.3, -0.25) is 9.42 Å². The van der Waals surface area contributed by atoms with Gasteiger partial charge in [0.25, 0.3) is 0 Å². The Balaban J connectivity index is 1.98. The molecule has 1 N–H and O–H groups in total. The molecule has 0 amide bonds. The number of nitrogens with one attached hydrogen (secondary N) is 1. The van der Waals surface area contributed by atoms with Crippen LogP contribution in [0.4, 0.5) is 0 Å². The van der Waals surface area contributed by atoms with E-state index in [0.717, 1.165) is 26.2 Å². The van der Waals surface area contributed by atoms with Crippen molar-refractivity contribution in [2.45, 2.75) is 19.9 Å². The van der Waals surface area contributed by atoms with E-state index in [9.17, 15) is 0 Å². The van der Waals surface area contributed by atoms with Crippen molar-refractivity contribution in [3.05, 3.63) is 5.82 Å². The highest BCUT2D eigenvalue weighted by Gasteiger charge is 2.22. The largest absolute Gasteiger partial charge is 0.449 e. The average Bonchev–Trinajstić information content (AvgIpc) is 2.78. The Kier molecular flexibility index (Phi) is 3.74. The van der Waals surface area contributed by atoms with Crippen molar-refractivity contribution in [3.63, 3.8) is 0 Å². The Hall–Kier alpha value is -1.14. The first-order valence-corrected chi connectivity index (χ1v) is 5.72.